The van der Waals surface area contributed by atoms with E-state index in [1.54, 1.807) is 30.3 Å². The van der Waals surface area contributed by atoms with Gasteiger partial charge in [0.05, 0.1) is 11.6 Å². The van der Waals surface area contributed by atoms with Crippen LogP contribution < -0.4 is 9.64 Å². The molecular weight excluding hydrogens is 570 g/mol. The topological polar surface area (TPSA) is 113 Å². The summed E-state index contributed by atoms with van der Waals surface area (Å²) in [6.07, 6.45) is 0.674. The number of amides is 1. The van der Waals surface area contributed by atoms with E-state index in [2.05, 4.69) is 10.2 Å². The fourth-order valence-corrected chi connectivity index (χ4v) is 7.03. The van der Waals surface area contributed by atoms with Gasteiger partial charge in [-0.1, -0.05) is 65.0 Å². The Balaban J connectivity index is 1.39. The number of aliphatic hydroxyl groups is 1. The molecule has 0 spiro atoms. The smallest absolute Gasteiger partial charge is 0.301 e. The van der Waals surface area contributed by atoms with Gasteiger partial charge in [0.1, 0.15) is 23.4 Å². The predicted molar refractivity (Wildman–Crippen MR) is 154 cm³/mol. The van der Waals surface area contributed by atoms with Gasteiger partial charge in [-0.15, -0.1) is 10.2 Å². The van der Waals surface area contributed by atoms with Crippen LogP contribution in [0.15, 0.2) is 76.6 Å². The summed E-state index contributed by atoms with van der Waals surface area (Å²) in [6.45, 7) is 1.95. The van der Waals surface area contributed by atoms with Crippen LogP contribution in [-0.4, -0.2) is 38.2 Å². The lowest BCUT2D eigenvalue weighted by atomic mass is 9.94. The Morgan fingerprint density at radius 2 is 1.95 bits per heavy atom. The summed E-state index contributed by atoms with van der Waals surface area (Å²) in [5.74, 6) is -0.772. The maximum absolute atomic E-state index is 13.5. The van der Waals surface area contributed by atoms with Crippen molar-refractivity contribution in [2.24, 2.45) is 0 Å². The van der Waals surface area contributed by atoms with E-state index in [9.17, 15) is 19.8 Å². The summed E-state index contributed by atoms with van der Waals surface area (Å²) in [4.78, 5) is 28.1. The second-order valence-corrected chi connectivity index (χ2v) is 12.0. The Kier molecular flexibility index (Phi) is 6.99. The third kappa shape index (κ3) is 4.83. The first-order valence-electron chi connectivity index (χ1n) is 12.4. The summed E-state index contributed by atoms with van der Waals surface area (Å²) in [5, 5.41) is 30.9. The maximum atomic E-state index is 13.5. The number of hydrogen-bond acceptors (Lipinski definition) is 9. The number of aromatic nitrogens is 2. The van der Waals surface area contributed by atoms with Crippen LogP contribution in [0.5, 0.6) is 11.5 Å². The molecule has 202 valence electrons. The fraction of sp³-hybridized carbons (Fsp3) is 0.172. The molecule has 1 aromatic heterocycles. The highest BCUT2D eigenvalue weighted by molar-refractivity contribution is 8.00. The molecule has 1 fully saturated rings. The lowest BCUT2D eigenvalue weighted by molar-refractivity contribution is -0.132. The minimum absolute atomic E-state index is 0.00709. The van der Waals surface area contributed by atoms with Crippen molar-refractivity contribution < 1.29 is 24.5 Å². The molecule has 4 aromatic rings. The van der Waals surface area contributed by atoms with Crippen LogP contribution in [-0.2, 0) is 21.8 Å². The Morgan fingerprint density at radius 3 is 2.75 bits per heavy atom. The molecule has 0 radical (unpaired) electrons. The molecule has 3 heterocycles. The average Bonchev–Trinajstić information content (AvgIpc) is 3.63. The Hall–Kier alpha value is -3.86. The number of halogens is 1. The average molecular weight is 592 g/mol. The summed E-state index contributed by atoms with van der Waals surface area (Å²) < 4.78 is 6.35. The van der Waals surface area contributed by atoms with Gasteiger partial charge in [-0.3, -0.25) is 14.5 Å². The Morgan fingerprint density at radius 1 is 1.12 bits per heavy atom. The van der Waals surface area contributed by atoms with E-state index in [0.717, 1.165) is 28.2 Å². The minimum Gasteiger partial charge on any atom is -0.508 e. The number of aliphatic hydroxyl groups excluding tert-OH is 1. The third-order valence-corrected chi connectivity index (χ3v) is 9.18. The first-order chi connectivity index (χ1) is 19.3. The number of ketones is 1. The summed E-state index contributed by atoms with van der Waals surface area (Å²) in [5.41, 5.74) is 2.58. The molecule has 6 rings (SSSR count). The van der Waals surface area contributed by atoms with Gasteiger partial charge in [-0.2, -0.15) is 0 Å². The molecule has 2 aliphatic rings. The maximum Gasteiger partial charge on any atom is 0.301 e. The van der Waals surface area contributed by atoms with Gasteiger partial charge in [0, 0.05) is 22.8 Å². The van der Waals surface area contributed by atoms with Crippen LogP contribution >= 0.6 is 34.7 Å². The van der Waals surface area contributed by atoms with Crippen LogP contribution in [0.1, 0.15) is 35.2 Å². The minimum atomic E-state index is -1.02. The first-order valence-corrected chi connectivity index (χ1v) is 14.6. The number of fused-ring (bicyclic) bond motifs is 1. The van der Waals surface area contributed by atoms with Crippen LogP contribution in [0.25, 0.3) is 5.76 Å². The highest BCUT2D eigenvalue weighted by Crippen LogP contribution is 2.45. The molecule has 2 atom stereocenters. The van der Waals surface area contributed by atoms with Gasteiger partial charge in [-0.05, 0) is 60.0 Å². The van der Waals surface area contributed by atoms with E-state index in [-0.39, 0.29) is 28.3 Å². The number of thioether (sulfide) groups is 1. The molecule has 8 nitrogen and oxygen atoms in total. The van der Waals surface area contributed by atoms with Crippen LogP contribution in [0.3, 0.4) is 0 Å². The summed E-state index contributed by atoms with van der Waals surface area (Å²) >= 11 is 8.84. The zero-order valence-corrected chi connectivity index (χ0v) is 23.5. The van der Waals surface area contributed by atoms with Gasteiger partial charge in [0.25, 0.3) is 5.78 Å². The SMILES string of the molecule is C[C@@H]1Cc2cc(/C(O)=C3\C(=O)C(=O)N(c4nnc(SCc5ccccc5Cl)s4)[C@@H]3c3cccc(O)c3)ccc2O1. The first kappa shape index (κ1) is 26.4. The molecule has 0 unspecified atom stereocenters. The number of carbonyl (C=O) groups is 2. The predicted octanol–water partition coefficient (Wildman–Crippen LogP) is 6.14. The molecule has 2 aliphatic heterocycles. The summed E-state index contributed by atoms with van der Waals surface area (Å²) in [6, 6.07) is 17.9. The summed E-state index contributed by atoms with van der Waals surface area (Å²) in [7, 11) is 0. The number of Topliss-reactive ketones (excluding diaryl/α,β-unsaturated/α-hetero) is 1. The molecular formula is C29H22ClN3O5S2. The number of aromatic hydroxyl groups is 1. The lowest BCUT2D eigenvalue weighted by Crippen LogP contribution is -2.29. The number of nitrogens with zero attached hydrogens (tertiary/aromatic N) is 3. The van der Waals surface area contributed by atoms with E-state index in [1.165, 1.54) is 28.8 Å². The largest absolute Gasteiger partial charge is 0.508 e. The van der Waals surface area contributed by atoms with Crippen molar-refractivity contribution in [1.29, 1.82) is 0 Å². The molecule has 3 aromatic carbocycles. The quantitative estimate of drug-likeness (QED) is 0.0904. The number of benzene rings is 3. The molecule has 11 heteroatoms. The van der Waals surface area contributed by atoms with E-state index in [4.69, 9.17) is 16.3 Å². The van der Waals surface area contributed by atoms with Crippen molar-refractivity contribution in [3.05, 3.63) is 99.6 Å². The van der Waals surface area contributed by atoms with E-state index in [0.29, 0.717) is 32.7 Å². The zero-order chi connectivity index (χ0) is 28.0. The molecule has 0 bridgehead atoms. The van der Waals surface area contributed by atoms with Crippen LogP contribution in [0.2, 0.25) is 5.02 Å². The van der Waals surface area contributed by atoms with Crippen molar-refractivity contribution in [3.63, 3.8) is 0 Å². The van der Waals surface area contributed by atoms with E-state index >= 15 is 0 Å². The van der Waals surface area contributed by atoms with Crippen molar-refractivity contribution in [3.8, 4) is 11.5 Å². The molecule has 40 heavy (non-hydrogen) atoms. The van der Waals surface area contributed by atoms with E-state index in [1.807, 2.05) is 31.2 Å². The highest BCUT2D eigenvalue weighted by Gasteiger charge is 2.48. The number of ether oxygens (including phenoxy) is 1. The molecule has 1 saturated heterocycles. The fourth-order valence-electron chi connectivity index (χ4n) is 4.88. The van der Waals surface area contributed by atoms with Crippen molar-refractivity contribution in [2.75, 3.05) is 4.90 Å². The third-order valence-electron chi connectivity index (χ3n) is 6.71. The molecule has 2 N–H and O–H groups in total. The van der Waals surface area contributed by atoms with Crippen LogP contribution in [0.4, 0.5) is 5.13 Å². The van der Waals surface area contributed by atoms with Crippen molar-refractivity contribution in [1.82, 2.24) is 10.2 Å². The number of hydrogen-bond donors (Lipinski definition) is 2. The van der Waals surface area contributed by atoms with Gasteiger partial charge in [-0.25, -0.2) is 0 Å². The second-order valence-electron chi connectivity index (χ2n) is 9.45. The van der Waals surface area contributed by atoms with Crippen molar-refractivity contribution in [2.45, 2.75) is 35.6 Å². The Bertz CT molecular complexity index is 1690. The number of phenolic OH excluding ortho intramolecular Hbond substituents is 1. The monoisotopic (exact) mass is 591 g/mol. The standard InChI is InChI=1S/C29H22ClN3O5S2/c1-15-11-19-12-17(9-10-22(19)38-15)25(35)23-24(16-6-4-7-20(34)13-16)33(27(37)26(23)36)28-31-32-29(40-28)39-14-18-5-2-3-8-21(18)30/h2-10,12-13,15,24,34-35H,11,14H2,1H3/b25-23+/t15-,24-/m1/s1. The Labute approximate surface area is 242 Å². The highest BCUT2D eigenvalue weighted by atomic mass is 35.5. The second kappa shape index (κ2) is 10.6. The zero-order valence-electron chi connectivity index (χ0n) is 21.1. The van der Waals surface area contributed by atoms with Gasteiger partial charge in [0.2, 0.25) is 5.13 Å². The molecule has 0 aliphatic carbocycles. The van der Waals surface area contributed by atoms with Gasteiger partial charge in [0.15, 0.2) is 4.34 Å². The number of anilines is 1. The number of rotatable bonds is 6. The lowest BCUT2D eigenvalue weighted by Gasteiger charge is -2.22. The number of carbonyl (C=O) groups excluding carboxylic acids is 2. The normalized spacial score (nSPS) is 19.6. The number of phenols is 1. The van der Waals surface area contributed by atoms with Gasteiger partial charge < -0.3 is 14.9 Å². The van der Waals surface area contributed by atoms with Gasteiger partial charge >= 0.3 is 5.91 Å². The molecule has 1 amide bonds. The van der Waals surface area contributed by atoms with E-state index < -0.39 is 17.7 Å². The van der Waals surface area contributed by atoms with Crippen LogP contribution in [0, 0.1) is 0 Å². The van der Waals surface area contributed by atoms with Crippen molar-refractivity contribution >= 4 is 57.3 Å². The molecule has 0 saturated carbocycles.